The third-order valence-electron chi connectivity index (χ3n) is 0.932. The first-order valence-electron chi connectivity index (χ1n) is 2.56. The van der Waals surface area contributed by atoms with Crippen molar-refractivity contribution in [2.45, 2.75) is 4.90 Å². The predicted octanol–water partition coefficient (Wildman–Crippen LogP) is 0.758. The molecule has 0 fully saturated rings. The van der Waals surface area contributed by atoms with Crippen LogP contribution in [0.2, 0.25) is 0 Å². The van der Waals surface area contributed by atoms with Gasteiger partial charge in [-0.2, -0.15) is 0 Å². The van der Waals surface area contributed by atoms with Gasteiger partial charge in [-0.1, -0.05) is 0 Å². The second-order valence-electron chi connectivity index (χ2n) is 1.70. The van der Waals surface area contributed by atoms with Crippen molar-refractivity contribution in [3.05, 3.63) is 24.3 Å². The van der Waals surface area contributed by atoms with Gasteiger partial charge in [0.15, 0.2) is 10.7 Å². The van der Waals surface area contributed by atoms with Crippen LogP contribution in [0.4, 0.5) is 4.39 Å². The van der Waals surface area contributed by atoms with Crippen LogP contribution in [0.25, 0.3) is 0 Å². The summed E-state index contributed by atoms with van der Waals surface area (Å²) in [5.74, 6) is -0.576. The third-order valence-corrected chi connectivity index (χ3v) is 1.76. The first-order chi connectivity index (χ1) is 4.70. The SMILES string of the molecule is C[S+]([O-])c1[c]c(F)cnc1. The summed E-state index contributed by atoms with van der Waals surface area (Å²) >= 11 is -1.20. The Morgan fingerprint density at radius 2 is 2.40 bits per heavy atom. The van der Waals surface area contributed by atoms with Crippen molar-refractivity contribution in [1.82, 2.24) is 4.98 Å². The Balaban J connectivity index is 2.96. The summed E-state index contributed by atoms with van der Waals surface area (Å²) in [4.78, 5) is 3.80. The highest BCUT2D eigenvalue weighted by Gasteiger charge is 2.05. The lowest BCUT2D eigenvalue weighted by Gasteiger charge is -2.00. The molecule has 2 nitrogen and oxygen atoms in total. The normalized spacial score (nSPS) is 13.1. The van der Waals surface area contributed by atoms with E-state index in [0.717, 1.165) is 6.20 Å². The monoisotopic (exact) mass is 158 g/mol. The first kappa shape index (κ1) is 7.50. The fraction of sp³-hybridized carbons (Fsp3) is 0.167. The molecule has 0 spiro atoms. The molecule has 0 N–H and O–H groups in total. The minimum absolute atomic E-state index is 0.292. The highest BCUT2D eigenvalue weighted by Crippen LogP contribution is 2.06. The molecule has 1 atom stereocenters. The summed E-state index contributed by atoms with van der Waals surface area (Å²) in [5.41, 5.74) is 0. The Bertz CT molecular complexity index is 229. The van der Waals surface area contributed by atoms with Crippen molar-refractivity contribution < 1.29 is 8.94 Å². The molecule has 0 aromatic carbocycles. The van der Waals surface area contributed by atoms with Crippen LogP contribution in [0.1, 0.15) is 0 Å². The standard InChI is InChI=1S/C6H5FNOS/c1-10(9)6-2-5(7)3-8-4-6/h3-4H,1H3. The molecule has 1 rings (SSSR count). The highest BCUT2D eigenvalue weighted by molar-refractivity contribution is 7.90. The maximum atomic E-state index is 12.3. The van der Waals surface area contributed by atoms with Crippen LogP contribution < -0.4 is 0 Å². The van der Waals surface area contributed by atoms with Gasteiger partial charge < -0.3 is 4.55 Å². The fourth-order valence-electron chi connectivity index (χ4n) is 0.499. The van der Waals surface area contributed by atoms with Gasteiger partial charge in [0.2, 0.25) is 0 Å². The van der Waals surface area contributed by atoms with Gasteiger partial charge in [-0.05, 0) is 11.2 Å². The van der Waals surface area contributed by atoms with Crippen LogP contribution >= 0.6 is 0 Å². The zero-order valence-corrected chi connectivity index (χ0v) is 6.11. The maximum Gasteiger partial charge on any atom is 0.181 e. The van der Waals surface area contributed by atoms with Crippen molar-refractivity contribution in [2.75, 3.05) is 6.26 Å². The topological polar surface area (TPSA) is 36.0 Å². The number of aromatic nitrogens is 1. The summed E-state index contributed by atoms with van der Waals surface area (Å²) in [6.45, 7) is 0. The molecular weight excluding hydrogens is 153 g/mol. The average molecular weight is 158 g/mol. The fourth-order valence-corrected chi connectivity index (χ4v) is 0.949. The Labute approximate surface area is 61.3 Å². The molecule has 1 unspecified atom stereocenters. The quantitative estimate of drug-likeness (QED) is 0.565. The highest BCUT2D eigenvalue weighted by atomic mass is 32.2. The lowest BCUT2D eigenvalue weighted by molar-refractivity contribution is 0.591. The van der Waals surface area contributed by atoms with E-state index in [1.807, 2.05) is 0 Å². The van der Waals surface area contributed by atoms with Crippen LogP contribution in [-0.2, 0) is 11.2 Å². The van der Waals surface area contributed by atoms with Crippen LogP contribution in [0, 0.1) is 11.9 Å². The predicted molar refractivity (Wildman–Crippen MR) is 35.4 cm³/mol. The number of hydrogen-bond acceptors (Lipinski definition) is 2. The van der Waals surface area contributed by atoms with Gasteiger partial charge in [-0.25, -0.2) is 4.39 Å². The summed E-state index contributed by atoms with van der Waals surface area (Å²) in [5, 5.41) is 0. The smallest absolute Gasteiger partial charge is 0.181 e. The number of halogens is 1. The molecule has 10 heavy (non-hydrogen) atoms. The maximum absolute atomic E-state index is 12.3. The second kappa shape index (κ2) is 2.98. The molecule has 0 aliphatic heterocycles. The van der Waals surface area contributed by atoms with E-state index in [4.69, 9.17) is 0 Å². The Hall–Kier alpha value is -0.610. The summed E-state index contributed by atoms with van der Waals surface area (Å²) in [7, 11) is 0. The van der Waals surface area contributed by atoms with E-state index < -0.39 is 17.0 Å². The molecule has 1 aromatic rings. The van der Waals surface area contributed by atoms with Gasteiger partial charge >= 0.3 is 0 Å². The summed E-state index contributed by atoms with van der Waals surface area (Å²) < 4.78 is 22.9. The summed E-state index contributed by atoms with van der Waals surface area (Å²) in [6.07, 6.45) is 3.81. The van der Waals surface area contributed by atoms with E-state index >= 15 is 0 Å². The van der Waals surface area contributed by atoms with Crippen molar-refractivity contribution in [2.24, 2.45) is 0 Å². The molecule has 0 aliphatic carbocycles. The zero-order chi connectivity index (χ0) is 7.56. The zero-order valence-electron chi connectivity index (χ0n) is 5.30. The van der Waals surface area contributed by atoms with E-state index in [2.05, 4.69) is 11.1 Å². The molecule has 53 valence electrons. The number of nitrogens with zero attached hydrogens (tertiary/aromatic N) is 1. The van der Waals surface area contributed by atoms with Crippen molar-refractivity contribution in [3.63, 3.8) is 0 Å². The van der Waals surface area contributed by atoms with E-state index in [9.17, 15) is 8.94 Å². The molecule has 0 saturated carbocycles. The first-order valence-corrected chi connectivity index (χ1v) is 4.12. The van der Waals surface area contributed by atoms with E-state index in [0.29, 0.717) is 4.90 Å². The van der Waals surface area contributed by atoms with Crippen molar-refractivity contribution >= 4 is 11.2 Å². The van der Waals surface area contributed by atoms with E-state index in [1.165, 1.54) is 12.5 Å². The second-order valence-corrected chi connectivity index (χ2v) is 3.05. The largest absolute Gasteiger partial charge is 0.612 e. The average Bonchev–Trinajstić information content (AvgIpc) is 1.88. The van der Waals surface area contributed by atoms with Gasteiger partial charge in [-0.3, -0.25) is 4.98 Å². The van der Waals surface area contributed by atoms with Gasteiger partial charge in [-0.15, -0.1) is 0 Å². The van der Waals surface area contributed by atoms with Crippen molar-refractivity contribution in [3.8, 4) is 0 Å². The third kappa shape index (κ3) is 1.68. The van der Waals surface area contributed by atoms with Crippen LogP contribution in [0.5, 0.6) is 0 Å². The van der Waals surface area contributed by atoms with Gasteiger partial charge in [0.05, 0.1) is 18.5 Å². The number of rotatable bonds is 1. The van der Waals surface area contributed by atoms with Gasteiger partial charge in [0.1, 0.15) is 6.26 Å². The minimum Gasteiger partial charge on any atom is -0.612 e. The molecular formula is C6H5FNOS. The molecule has 0 bridgehead atoms. The van der Waals surface area contributed by atoms with Gasteiger partial charge in [0, 0.05) is 0 Å². The Kier molecular flexibility index (Phi) is 2.24. The minimum atomic E-state index is -1.20. The number of hydrogen-bond donors (Lipinski definition) is 0. The Morgan fingerprint density at radius 1 is 1.70 bits per heavy atom. The lowest BCUT2D eigenvalue weighted by Crippen LogP contribution is -1.98. The van der Waals surface area contributed by atoms with Crippen LogP contribution in [0.15, 0.2) is 17.3 Å². The molecule has 1 heterocycles. The summed E-state index contributed by atoms with van der Waals surface area (Å²) in [6, 6.07) is 2.28. The van der Waals surface area contributed by atoms with Crippen molar-refractivity contribution in [1.29, 1.82) is 0 Å². The van der Waals surface area contributed by atoms with E-state index in [-0.39, 0.29) is 0 Å². The molecule has 0 saturated heterocycles. The molecule has 1 aromatic heterocycles. The van der Waals surface area contributed by atoms with Gasteiger partial charge in [0.25, 0.3) is 0 Å². The lowest BCUT2D eigenvalue weighted by atomic mass is 10.5. The Morgan fingerprint density at radius 3 is 2.80 bits per heavy atom. The molecule has 0 amide bonds. The number of pyridine rings is 1. The molecule has 0 aliphatic rings. The molecule has 4 heteroatoms. The van der Waals surface area contributed by atoms with Crippen LogP contribution in [-0.4, -0.2) is 15.8 Å². The van der Waals surface area contributed by atoms with Crippen LogP contribution in [0.3, 0.4) is 0 Å². The molecule has 1 radical (unpaired) electrons. The van der Waals surface area contributed by atoms with E-state index in [1.54, 1.807) is 0 Å².